The summed E-state index contributed by atoms with van der Waals surface area (Å²) in [7, 11) is 0. The molecule has 5 heteroatoms. The molecule has 0 atom stereocenters. The van der Waals surface area contributed by atoms with Crippen LogP contribution in [0.3, 0.4) is 0 Å². The van der Waals surface area contributed by atoms with Gasteiger partial charge >= 0.3 is 0 Å². The SMILES string of the molecule is CCC1(CC)CC(=O)N(c2cccc(OCC#N)c2)C1=O. The number of hydrogen-bond donors (Lipinski definition) is 0. The fraction of sp³-hybridized carbons (Fsp3) is 0.438. The Morgan fingerprint density at radius 3 is 2.62 bits per heavy atom. The molecule has 110 valence electrons. The minimum atomic E-state index is -0.583. The third-order valence-electron chi connectivity index (χ3n) is 4.13. The smallest absolute Gasteiger partial charge is 0.240 e. The molecule has 1 heterocycles. The summed E-state index contributed by atoms with van der Waals surface area (Å²) in [5.41, 5.74) is -0.0788. The summed E-state index contributed by atoms with van der Waals surface area (Å²) >= 11 is 0. The molecule has 0 bridgehead atoms. The molecule has 1 aliphatic heterocycles. The van der Waals surface area contributed by atoms with Gasteiger partial charge in [-0.15, -0.1) is 0 Å². The van der Waals surface area contributed by atoms with Gasteiger partial charge in [-0.05, 0) is 25.0 Å². The average Bonchev–Trinajstić information content (AvgIpc) is 2.76. The first-order valence-corrected chi connectivity index (χ1v) is 7.05. The molecule has 1 saturated heterocycles. The van der Waals surface area contributed by atoms with Crippen LogP contribution in [0.4, 0.5) is 5.69 Å². The predicted molar refractivity (Wildman–Crippen MR) is 77.7 cm³/mol. The molecule has 1 aromatic rings. The Morgan fingerprint density at radius 1 is 1.33 bits per heavy atom. The van der Waals surface area contributed by atoms with Crippen LogP contribution < -0.4 is 9.64 Å². The van der Waals surface area contributed by atoms with E-state index in [1.165, 1.54) is 4.90 Å². The fourth-order valence-electron chi connectivity index (χ4n) is 2.69. The third kappa shape index (κ3) is 2.62. The molecule has 0 N–H and O–H groups in total. The summed E-state index contributed by atoms with van der Waals surface area (Å²) in [5, 5.41) is 8.53. The third-order valence-corrected chi connectivity index (χ3v) is 4.13. The minimum absolute atomic E-state index is 0.0702. The van der Waals surface area contributed by atoms with Crippen LogP contribution in [0.25, 0.3) is 0 Å². The molecule has 1 aromatic carbocycles. The Labute approximate surface area is 124 Å². The summed E-state index contributed by atoms with van der Waals surface area (Å²) < 4.78 is 5.22. The van der Waals surface area contributed by atoms with Crippen molar-refractivity contribution >= 4 is 17.5 Å². The Balaban J connectivity index is 2.32. The molecule has 21 heavy (non-hydrogen) atoms. The number of hydrogen-bond acceptors (Lipinski definition) is 4. The molecular weight excluding hydrogens is 268 g/mol. The normalized spacial score (nSPS) is 16.9. The summed E-state index contributed by atoms with van der Waals surface area (Å²) in [5.74, 6) is 0.149. The second kappa shape index (κ2) is 5.96. The van der Waals surface area contributed by atoms with Gasteiger partial charge < -0.3 is 4.74 Å². The number of nitriles is 1. The van der Waals surface area contributed by atoms with Crippen molar-refractivity contribution in [2.45, 2.75) is 33.1 Å². The Morgan fingerprint density at radius 2 is 2.05 bits per heavy atom. The lowest BCUT2D eigenvalue weighted by molar-refractivity contribution is -0.126. The molecule has 0 aromatic heterocycles. The molecule has 0 aliphatic carbocycles. The van der Waals surface area contributed by atoms with Crippen LogP contribution in [-0.4, -0.2) is 18.4 Å². The number of carbonyl (C=O) groups excluding carboxylic acids is 2. The van der Waals surface area contributed by atoms with Crippen molar-refractivity contribution in [2.75, 3.05) is 11.5 Å². The van der Waals surface area contributed by atoms with Crippen LogP contribution in [-0.2, 0) is 9.59 Å². The molecule has 0 spiro atoms. The second-order valence-electron chi connectivity index (χ2n) is 5.14. The molecule has 2 amide bonds. The van der Waals surface area contributed by atoms with Crippen LogP contribution in [0.2, 0.25) is 0 Å². The first kappa shape index (κ1) is 15.0. The van der Waals surface area contributed by atoms with E-state index in [0.29, 0.717) is 24.3 Å². The number of carbonyl (C=O) groups is 2. The molecule has 1 aliphatic rings. The van der Waals surface area contributed by atoms with Crippen LogP contribution >= 0.6 is 0 Å². The average molecular weight is 286 g/mol. The lowest BCUT2D eigenvalue weighted by atomic mass is 9.81. The van der Waals surface area contributed by atoms with Gasteiger partial charge in [0.15, 0.2) is 6.61 Å². The molecule has 1 fully saturated rings. The zero-order valence-corrected chi connectivity index (χ0v) is 12.3. The van der Waals surface area contributed by atoms with Gasteiger partial charge in [-0.25, -0.2) is 4.90 Å². The van der Waals surface area contributed by atoms with Crippen molar-refractivity contribution in [3.63, 3.8) is 0 Å². The van der Waals surface area contributed by atoms with Crippen molar-refractivity contribution in [1.29, 1.82) is 5.26 Å². The van der Waals surface area contributed by atoms with E-state index in [2.05, 4.69) is 0 Å². The fourth-order valence-corrected chi connectivity index (χ4v) is 2.69. The highest BCUT2D eigenvalue weighted by Crippen LogP contribution is 2.41. The van der Waals surface area contributed by atoms with Crippen LogP contribution in [0.1, 0.15) is 33.1 Å². The molecule has 0 saturated carbocycles. The van der Waals surface area contributed by atoms with Gasteiger partial charge in [-0.3, -0.25) is 9.59 Å². The summed E-state index contributed by atoms with van der Waals surface area (Å²) in [6.45, 7) is 3.80. The van der Waals surface area contributed by atoms with Gasteiger partial charge in [0, 0.05) is 12.5 Å². The monoisotopic (exact) mass is 286 g/mol. The maximum atomic E-state index is 12.6. The first-order chi connectivity index (χ1) is 10.1. The van der Waals surface area contributed by atoms with Crippen LogP contribution in [0, 0.1) is 16.7 Å². The van der Waals surface area contributed by atoms with Gasteiger partial charge in [-0.1, -0.05) is 19.9 Å². The van der Waals surface area contributed by atoms with Crippen molar-refractivity contribution in [1.82, 2.24) is 0 Å². The zero-order valence-electron chi connectivity index (χ0n) is 12.3. The van der Waals surface area contributed by atoms with Gasteiger partial charge in [0.25, 0.3) is 0 Å². The molecule has 5 nitrogen and oxygen atoms in total. The van der Waals surface area contributed by atoms with E-state index < -0.39 is 5.41 Å². The van der Waals surface area contributed by atoms with E-state index in [4.69, 9.17) is 10.00 Å². The van der Waals surface area contributed by atoms with Crippen molar-refractivity contribution in [3.05, 3.63) is 24.3 Å². The van der Waals surface area contributed by atoms with E-state index in [1.807, 2.05) is 19.9 Å². The lowest BCUT2D eigenvalue weighted by Crippen LogP contribution is -2.35. The number of anilines is 1. The Kier molecular flexibility index (Phi) is 4.27. The topological polar surface area (TPSA) is 70.4 Å². The van der Waals surface area contributed by atoms with Crippen molar-refractivity contribution in [2.24, 2.45) is 5.41 Å². The number of benzene rings is 1. The van der Waals surface area contributed by atoms with Gasteiger partial charge in [-0.2, -0.15) is 5.26 Å². The second-order valence-corrected chi connectivity index (χ2v) is 5.14. The van der Waals surface area contributed by atoms with E-state index in [9.17, 15) is 9.59 Å². The number of imide groups is 1. The molecule has 2 rings (SSSR count). The standard InChI is InChI=1S/C16H18N2O3/c1-3-16(4-2)11-14(19)18(15(16)20)12-6-5-7-13(10-12)21-9-8-17/h5-7,10H,3-4,9,11H2,1-2H3. The summed E-state index contributed by atoms with van der Waals surface area (Å²) in [4.78, 5) is 26.1. The maximum Gasteiger partial charge on any atom is 0.240 e. The highest BCUT2D eigenvalue weighted by Gasteiger charge is 2.49. The van der Waals surface area contributed by atoms with Gasteiger partial charge in [0.2, 0.25) is 11.8 Å². The predicted octanol–water partition coefficient (Wildman–Crippen LogP) is 2.66. The van der Waals surface area contributed by atoms with E-state index in [-0.39, 0.29) is 24.8 Å². The number of nitrogens with zero attached hydrogens (tertiary/aromatic N) is 2. The zero-order chi connectivity index (χ0) is 15.5. The minimum Gasteiger partial charge on any atom is -0.479 e. The van der Waals surface area contributed by atoms with E-state index in [0.717, 1.165) is 0 Å². The lowest BCUT2D eigenvalue weighted by Gasteiger charge is -2.23. The molecule has 0 radical (unpaired) electrons. The van der Waals surface area contributed by atoms with Gasteiger partial charge in [0.1, 0.15) is 11.8 Å². The van der Waals surface area contributed by atoms with E-state index in [1.54, 1.807) is 24.3 Å². The Hall–Kier alpha value is -2.35. The number of amides is 2. The first-order valence-electron chi connectivity index (χ1n) is 7.05. The highest BCUT2D eigenvalue weighted by molar-refractivity contribution is 6.22. The summed E-state index contributed by atoms with van der Waals surface area (Å²) in [6.07, 6.45) is 1.55. The summed E-state index contributed by atoms with van der Waals surface area (Å²) in [6, 6.07) is 8.61. The van der Waals surface area contributed by atoms with Crippen molar-refractivity contribution < 1.29 is 14.3 Å². The van der Waals surface area contributed by atoms with Crippen LogP contribution in [0.15, 0.2) is 24.3 Å². The Bertz CT molecular complexity index is 600. The van der Waals surface area contributed by atoms with Crippen LogP contribution in [0.5, 0.6) is 5.75 Å². The largest absolute Gasteiger partial charge is 0.479 e. The number of rotatable bonds is 5. The molecular formula is C16H18N2O3. The quantitative estimate of drug-likeness (QED) is 0.780. The molecule has 0 unspecified atom stereocenters. The van der Waals surface area contributed by atoms with Gasteiger partial charge in [0.05, 0.1) is 11.1 Å². The highest BCUT2D eigenvalue weighted by atomic mass is 16.5. The van der Waals surface area contributed by atoms with Crippen molar-refractivity contribution in [3.8, 4) is 11.8 Å². The maximum absolute atomic E-state index is 12.6. The van der Waals surface area contributed by atoms with E-state index >= 15 is 0 Å². The number of ether oxygens (including phenoxy) is 1.